The molecule has 8 heteroatoms. The molecule has 0 bridgehead atoms. The van der Waals surface area contributed by atoms with Crippen LogP contribution in [0.3, 0.4) is 0 Å². The predicted octanol–water partition coefficient (Wildman–Crippen LogP) is 2.97. The molecular formula is C26H29N3O4S. The number of benzene rings is 2. The molecule has 1 fully saturated rings. The third-order valence-corrected chi connectivity index (χ3v) is 9.03. The number of piperazine rings is 1. The van der Waals surface area contributed by atoms with Gasteiger partial charge in [-0.1, -0.05) is 30.3 Å². The normalized spacial score (nSPS) is 20.2. The molecule has 0 radical (unpaired) electrons. The number of nitrogens with zero attached hydrogens (tertiary/aromatic N) is 3. The average Bonchev–Trinajstić information content (AvgIpc) is 3.32. The van der Waals surface area contributed by atoms with Crippen molar-refractivity contribution in [2.75, 3.05) is 26.2 Å². The van der Waals surface area contributed by atoms with E-state index in [0.717, 1.165) is 36.0 Å². The second kappa shape index (κ2) is 9.00. The van der Waals surface area contributed by atoms with Crippen molar-refractivity contribution in [2.45, 2.75) is 43.5 Å². The van der Waals surface area contributed by atoms with Crippen molar-refractivity contribution in [3.05, 3.63) is 70.9 Å². The molecule has 178 valence electrons. The van der Waals surface area contributed by atoms with Crippen LogP contribution >= 0.6 is 0 Å². The summed E-state index contributed by atoms with van der Waals surface area (Å²) in [6, 6.07) is 12.9. The van der Waals surface area contributed by atoms with Gasteiger partial charge in [0.2, 0.25) is 21.8 Å². The molecule has 1 saturated heterocycles. The zero-order chi connectivity index (χ0) is 23.9. The minimum Gasteiger partial charge on any atom is -0.340 e. The van der Waals surface area contributed by atoms with Crippen molar-refractivity contribution in [3.63, 3.8) is 0 Å². The van der Waals surface area contributed by atoms with Gasteiger partial charge in [-0.15, -0.1) is 0 Å². The number of aryl methyl sites for hydroxylation is 2. The molecule has 0 spiro atoms. The number of carbonyl (C=O) groups excluding carboxylic acids is 2. The number of fused-ring (bicyclic) bond motifs is 2. The Bertz CT molecular complexity index is 1260. The van der Waals surface area contributed by atoms with Crippen molar-refractivity contribution < 1.29 is 18.0 Å². The van der Waals surface area contributed by atoms with Crippen molar-refractivity contribution in [1.82, 2.24) is 14.1 Å². The van der Waals surface area contributed by atoms with E-state index in [4.69, 9.17) is 0 Å². The summed E-state index contributed by atoms with van der Waals surface area (Å²) in [5.41, 5.74) is 4.33. The van der Waals surface area contributed by atoms with Gasteiger partial charge in [-0.2, -0.15) is 4.31 Å². The highest BCUT2D eigenvalue weighted by Crippen LogP contribution is 2.33. The molecule has 5 rings (SSSR count). The second-order valence-corrected chi connectivity index (χ2v) is 11.1. The van der Waals surface area contributed by atoms with E-state index in [1.54, 1.807) is 22.1 Å². The van der Waals surface area contributed by atoms with E-state index >= 15 is 0 Å². The number of hydrogen-bond donors (Lipinski definition) is 0. The van der Waals surface area contributed by atoms with Crippen LogP contribution in [-0.2, 0) is 32.5 Å². The summed E-state index contributed by atoms with van der Waals surface area (Å²) in [5, 5.41) is 0. The molecule has 2 amide bonds. The lowest BCUT2D eigenvalue weighted by molar-refractivity contribution is -0.135. The quantitative estimate of drug-likeness (QED) is 0.676. The summed E-state index contributed by atoms with van der Waals surface area (Å²) in [6.07, 6.45) is 6.81. The maximum absolute atomic E-state index is 13.2. The van der Waals surface area contributed by atoms with Gasteiger partial charge in [0.1, 0.15) is 0 Å². The Kier molecular flexibility index (Phi) is 6.04. The Morgan fingerprint density at radius 3 is 2.47 bits per heavy atom. The van der Waals surface area contributed by atoms with Gasteiger partial charge in [0.05, 0.1) is 17.4 Å². The van der Waals surface area contributed by atoms with Crippen molar-refractivity contribution in [3.8, 4) is 0 Å². The molecule has 0 saturated carbocycles. The first-order chi connectivity index (χ1) is 16.3. The molecule has 0 N–H and O–H groups in total. The van der Waals surface area contributed by atoms with E-state index < -0.39 is 10.0 Å². The minimum atomic E-state index is -3.59. The van der Waals surface area contributed by atoms with Gasteiger partial charge in [0.25, 0.3) is 0 Å². The van der Waals surface area contributed by atoms with Gasteiger partial charge >= 0.3 is 0 Å². The van der Waals surface area contributed by atoms with E-state index in [-0.39, 0.29) is 37.4 Å². The lowest BCUT2D eigenvalue weighted by Gasteiger charge is -2.37. The van der Waals surface area contributed by atoms with Crippen LogP contribution in [0, 0.1) is 0 Å². The highest BCUT2D eigenvalue weighted by molar-refractivity contribution is 7.89. The summed E-state index contributed by atoms with van der Waals surface area (Å²) in [4.78, 5) is 29.1. The fourth-order valence-electron chi connectivity index (χ4n) is 5.24. The number of rotatable bonds is 4. The third-order valence-electron chi connectivity index (χ3n) is 7.14. The van der Waals surface area contributed by atoms with Crippen molar-refractivity contribution >= 4 is 27.9 Å². The molecule has 2 aromatic rings. The van der Waals surface area contributed by atoms with Crippen LogP contribution in [0.15, 0.2) is 53.6 Å². The van der Waals surface area contributed by atoms with Gasteiger partial charge in [-0.3, -0.25) is 9.59 Å². The van der Waals surface area contributed by atoms with Crippen molar-refractivity contribution in [1.29, 1.82) is 0 Å². The number of sulfonamides is 1. The van der Waals surface area contributed by atoms with Crippen LogP contribution in [0.4, 0.5) is 0 Å². The summed E-state index contributed by atoms with van der Waals surface area (Å²) in [6.45, 7) is 2.71. The largest absolute Gasteiger partial charge is 0.340 e. The molecule has 34 heavy (non-hydrogen) atoms. The maximum atomic E-state index is 13.2. The fraction of sp³-hybridized carbons (Fsp3) is 0.385. The van der Waals surface area contributed by atoms with Crippen LogP contribution in [0.5, 0.6) is 0 Å². The van der Waals surface area contributed by atoms with Crippen LogP contribution in [0.1, 0.15) is 48.1 Å². The van der Waals surface area contributed by atoms with E-state index in [9.17, 15) is 18.0 Å². The zero-order valence-corrected chi connectivity index (χ0v) is 20.1. The van der Waals surface area contributed by atoms with Crippen LogP contribution in [0.25, 0.3) is 6.08 Å². The minimum absolute atomic E-state index is 0.0732. The van der Waals surface area contributed by atoms with Crippen molar-refractivity contribution in [2.24, 2.45) is 0 Å². The lowest BCUT2D eigenvalue weighted by atomic mass is 9.93. The maximum Gasteiger partial charge on any atom is 0.243 e. The predicted molar refractivity (Wildman–Crippen MR) is 129 cm³/mol. The third kappa shape index (κ3) is 4.16. The topological polar surface area (TPSA) is 78.0 Å². The molecular weight excluding hydrogens is 450 g/mol. The van der Waals surface area contributed by atoms with E-state index in [2.05, 4.69) is 0 Å². The molecule has 2 aliphatic heterocycles. The molecule has 1 atom stereocenters. The standard InChI is InChI=1S/C26H29N3O4S/c1-19(30)29-12-11-21-5-2-3-8-24(21)25(29)18-26(31)27-13-15-28(16-14-27)34(32,33)23-10-9-20-6-4-7-22(20)17-23/h2-3,5,8-12,17,25H,4,6-7,13-16,18H2,1H3/t25-/m0/s1. The van der Waals surface area contributed by atoms with Crippen LogP contribution < -0.4 is 0 Å². The van der Waals surface area contributed by atoms with E-state index in [1.165, 1.54) is 16.8 Å². The van der Waals surface area contributed by atoms with Gasteiger partial charge < -0.3 is 9.80 Å². The van der Waals surface area contributed by atoms with Gasteiger partial charge in [-0.05, 0) is 59.7 Å². The SMILES string of the molecule is CC(=O)N1C=Cc2ccccc2[C@@H]1CC(=O)N1CCN(S(=O)(=O)c2ccc3c(c2)CCC3)CC1. The van der Waals surface area contributed by atoms with E-state index in [0.29, 0.717) is 18.0 Å². The molecule has 3 aliphatic rings. The highest BCUT2D eigenvalue weighted by atomic mass is 32.2. The molecule has 0 aromatic heterocycles. The lowest BCUT2D eigenvalue weighted by Crippen LogP contribution is -2.51. The van der Waals surface area contributed by atoms with Crippen LogP contribution in [0.2, 0.25) is 0 Å². The molecule has 2 heterocycles. The first-order valence-electron chi connectivity index (χ1n) is 11.8. The fourth-order valence-corrected chi connectivity index (χ4v) is 6.72. The second-order valence-electron chi connectivity index (χ2n) is 9.16. The van der Waals surface area contributed by atoms with Gasteiger partial charge in [0.15, 0.2) is 0 Å². The Morgan fingerprint density at radius 2 is 1.71 bits per heavy atom. The average molecular weight is 480 g/mol. The van der Waals surface area contributed by atoms with Crippen LogP contribution in [-0.4, -0.2) is 60.5 Å². The van der Waals surface area contributed by atoms with Gasteiger partial charge in [-0.25, -0.2) is 8.42 Å². The summed E-state index contributed by atoms with van der Waals surface area (Å²) in [7, 11) is -3.59. The Morgan fingerprint density at radius 1 is 0.971 bits per heavy atom. The summed E-state index contributed by atoms with van der Waals surface area (Å²) in [5.74, 6) is -0.190. The molecule has 1 aliphatic carbocycles. The summed E-state index contributed by atoms with van der Waals surface area (Å²) < 4.78 is 27.9. The van der Waals surface area contributed by atoms with Gasteiger partial charge in [0, 0.05) is 39.3 Å². The zero-order valence-electron chi connectivity index (χ0n) is 19.3. The number of carbonyl (C=O) groups is 2. The first-order valence-corrected chi connectivity index (χ1v) is 13.2. The molecule has 0 unspecified atom stereocenters. The number of hydrogen-bond acceptors (Lipinski definition) is 4. The first kappa shape index (κ1) is 22.8. The van der Waals surface area contributed by atoms with E-state index in [1.807, 2.05) is 42.5 Å². The highest BCUT2D eigenvalue weighted by Gasteiger charge is 2.34. The number of amides is 2. The Hall–Kier alpha value is -2.97. The Balaban J connectivity index is 1.26. The smallest absolute Gasteiger partial charge is 0.243 e. The summed E-state index contributed by atoms with van der Waals surface area (Å²) >= 11 is 0. The molecule has 2 aromatic carbocycles. The Labute approximate surface area is 200 Å². The monoisotopic (exact) mass is 479 g/mol. The molecule has 7 nitrogen and oxygen atoms in total.